The smallest absolute Gasteiger partial charge is 0.352 e. The number of carboxylic acid groups (broad SMARTS) is 1. The maximum absolute atomic E-state index is 11.9. The number of aliphatic carboxylic acids is 1. The quantitative estimate of drug-likeness (QED) is 0.515. The van der Waals surface area contributed by atoms with E-state index in [0.29, 0.717) is 29.0 Å². The minimum atomic E-state index is -1.11. The molecule has 2 atom stereocenters. The molecule has 3 heterocycles. The number of aromatic nitrogens is 3. The van der Waals surface area contributed by atoms with Crippen LogP contribution in [0, 0.1) is 0 Å². The van der Waals surface area contributed by atoms with Gasteiger partial charge in [0.15, 0.2) is 5.16 Å². The van der Waals surface area contributed by atoms with Crippen molar-refractivity contribution in [2.45, 2.75) is 23.3 Å². The predicted octanol–water partition coefficient (Wildman–Crippen LogP) is -0.445. The Kier molecular flexibility index (Phi) is 4.62. The van der Waals surface area contributed by atoms with Crippen molar-refractivity contribution in [3.63, 3.8) is 0 Å². The van der Waals surface area contributed by atoms with Crippen LogP contribution in [0.15, 0.2) is 22.8 Å². The number of hydrogen-bond donors (Lipinski definition) is 2. The number of rotatable bonds is 6. The third-order valence-electron chi connectivity index (χ3n) is 3.51. The van der Waals surface area contributed by atoms with E-state index in [1.807, 2.05) is 0 Å². The fraction of sp³-hybridized carbons (Fsp3) is 0.500. The fourth-order valence-corrected chi connectivity index (χ4v) is 4.76. The average molecular weight is 357 g/mol. The summed E-state index contributed by atoms with van der Waals surface area (Å²) in [6.07, 6.45) is 1.54. The number of methoxy groups -OCH3 is 1. The molecule has 11 heteroatoms. The Bertz CT molecular complexity index is 676. The Morgan fingerprint density at radius 3 is 3.13 bits per heavy atom. The third-order valence-corrected chi connectivity index (χ3v) is 5.94. The molecule has 1 saturated heterocycles. The zero-order chi connectivity index (χ0) is 16.6. The van der Waals surface area contributed by atoms with Crippen molar-refractivity contribution < 1.29 is 19.4 Å². The van der Waals surface area contributed by atoms with E-state index >= 15 is 0 Å². The molecule has 0 saturated carbocycles. The topological polar surface area (TPSA) is 124 Å². The minimum Gasteiger partial charge on any atom is -0.477 e. The van der Waals surface area contributed by atoms with Gasteiger partial charge in [0.05, 0.1) is 0 Å². The van der Waals surface area contributed by atoms with Crippen LogP contribution in [0.3, 0.4) is 0 Å². The van der Waals surface area contributed by atoms with E-state index in [0.717, 1.165) is 0 Å². The first-order valence-electron chi connectivity index (χ1n) is 6.69. The molecule has 3 N–H and O–H groups in total. The summed E-state index contributed by atoms with van der Waals surface area (Å²) in [6.45, 7) is 0.316. The van der Waals surface area contributed by atoms with Crippen LogP contribution >= 0.6 is 23.5 Å². The molecule has 1 unspecified atom stereocenters. The standard InChI is InChI=1S/C12H15N5O4S2/c1-21-5-16-4-14-15-12(16)23-3-6-2-22-10-7(13)9(18)17(10)8(6)11(19)20/h4,7,10H,2-3,5,13H2,1H3,(H,19,20)/t7?,10-/m1/s1. The van der Waals surface area contributed by atoms with Gasteiger partial charge in [0.25, 0.3) is 0 Å². The first-order valence-corrected chi connectivity index (χ1v) is 8.73. The Morgan fingerprint density at radius 2 is 2.43 bits per heavy atom. The van der Waals surface area contributed by atoms with Crippen LogP contribution in [-0.2, 0) is 21.1 Å². The van der Waals surface area contributed by atoms with Gasteiger partial charge in [-0.1, -0.05) is 11.8 Å². The van der Waals surface area contributed by atoms with Crippen LogP contribution in [0.1, 0.15) is 0 Å². The van der Waals surface area contributed by atoms with Crippen molar-refractivity contribution in [1.82, 2.24) is 19.7 Å². The molecule has 124 valence electrons. The Balaban J connectivity index is 1.78. The van der Waals surface area contributed by atoms with E-state index in [4.69, 9.17) is 10.5 Å². The maximum atomic E-state index is 11.9. The Morgan fingerprint density at radius 1 is 1.65 bits per heavy atom. The zero-order valence-corrected chi connectivity index (χ0v) is 13.8. The molecular formula is C12H15N5O4S2. The second-order valence-electron chi connectivity index (χ2n) is 4.98. The summed E-state index contributed by atoms with van der Waals surface area (Å²) in [6, 6.07) is -0.617. The van der Waals surface area contributed by atoms with Crippen molar-refractivity contribution in [1.29, 1.82) is 0 Å². The van der Waals surface area contributed by atoms with Crippen LogP contribution in [0.5, 0.6) is 0 Å². The largest absolute Gasteiger partial charge is 0.477 e. The highest BCUT2D eigenvalue weighted by Gasteiger charge is 2.51. The zero-order valence-electron chi connectivity index (χ0n) is 12.2. The van der Waals surface area contributed by atoms with E-state index in [1.165, 1.54) is 28.4 Å². The first-order chi connectivity index (χ1) is 11.0. The highest BCUT2D eigenvalue weighted by molar-refractivity contribution is 8.01. The number of ether oxygens (including phenoxy) is 1. The van der Waals surface area contributed by atoms with Crippen LogP contribution in [0.4, 0.5) is 0 Å². The number of nitrogens with zero attached hydrogens (tertiary/aromatic N) is 4. The number of hydrogen-bond acceptors (Lipinski definition) is 8. The fourth-order valence-electron chi connectivity index (χ4n) is 2.43. The molecule has 3 rings (SSSR count). The van der Waals surface area contributed by atoms with Gasteiger partial charge < -0.3 is 15.6 Å². The summed E-state index contributed by atoms with van der Waals surface area (Å²) in [5, 5.41) is 17.6. The average Bonchev–Trinajstić information content (AvgIpc) is 2.98. The highest BCUT2D eigenvalue weighted by atomic mass is 32.2. The summed E-state index contributed by atoms with van der Waals surface area (Å²) in [7, 11) is 1.57. The molecule has 23 heavy (non-hydrogen) atoms. The van der Waals surface area contributed by atoms with E-state index < -0.39 is 12.0 Å². The summed E-state index contributed by atoms with van der Waals surface area (Å²) in [4.78, 5) is 24.7. The Labute approximate surface area is 140 Å². The molecule has 9 nitrogen and oxygen atoms in total. The minimum absolute atomic E-state index is 0.0470. The molecule has 0 bridgehead atoms. The molecule has 2 aliphatic heterocycles. The lowest BCUT2D eigenvalue weighted by atomic mass is 10.0. The molecule has 2 aliphatic rings. The highest BCUT2D eigenvalue weighted by Crippen LogP contribution is 2.40. The number of thioether (sulfide) groups is 2. The number of β-lactam (4-membered cyclic amide) rings is 1. The number of fused-ring (bicyclic) bond motifs is 1. The first kappa shape index (κ1) is 16.3. The summed E-state index contributed by atoms with van der Waals surface area (Å²) >= 11 is 2.84. The van der Waals surface area contributed by atoms with Gasteiger partial charge in [-0.05, 0) is 5.57 Å². The van der Waals surface area contributed by atoms with E-state index in [-0.39, 0.29) is 17.0 Å². The Hall–Kier alpha value is -1.56. The van der Waals surface area contributed by atoms with Gasteiger partial charge in [-0.25, -0.2) is 4.79 Å². The molecule has 0 aromatic carbocycles. The lowest BCUT2D eigenvalue weighted by molar-refractivity contribution is -0.147. The van der Waals surface area contributed by atoms with E-state index in [9.17, 15) is 14.7 Å². The molecule has 1 fully saturated rings. The second kappa shape index (κ2) is 6.51. The second-order valence-corrected chi connectivity index (χ2v) is 7.03. The molecule has 0 spiro atoms. The van der Waals surface area contributed by atoms with Crippen LogP contribution in [0.2, 0.25) is 0 Å². The van der Waals surface area contributed by atoms with E-state index in [1.54, 1.807) is 18.0 Å². The van der Waals surface area contributed by atoms with Gasteiger partial charge in [-0.2, -0.15) is 0 Å². The summed E-state index contributed by atoms with van der Waals surface area (Å²) in [5.74, 6) is -0.521. The van der Waals surface area contributed by atoms with Gasteiger partial charge in [-0.15, -0.1) is 22.0 Å². The van der Waals surface area contributed by atoms with Crippen molar-refractivity contribution in [3.05, 3.63) is 17.6 Å². The van der Waals surface area contributed by atoms with Crippen molar-refractivity contribution in [2.24, 2.45) is 5.73 Å². The number of carboxylic acids is 1. The van der Waals surface area contributed by atoms with Gasteiger partial charge >= 0.3 is 5.97 Å². The van der Waals surface area contributed by atoms with Crippen molar-refractivity contribution in [3.8, 4) is 0 Å². The van der Waals surface area contributed by atoms with E-state index in [2.05, 4.69) is 10.2 Å². The number of carbonyl (C=O) groups excluding carboxylic acids is 1. The number of amides is 1. The molecule has 0 aliphatic carbocycles. The molecule has 0 radical (unpaired) electrons. The van der Waals surface area contributed by atoms with Crippen molar-refractivity contribution in [2.75, 3.05) is 18.6 Å². The summed E-state index contributed by atoms with van der Waals surface area (Å²) in [5.41, 5.74) is 6.44. The maximum Gasteiger partial charge on any atom is 0.352 e. The molecule has 1 aromatic rings. The SMILES string of the molecule is COCn1cnnc1SCC1=C(C(=O)O)N2C(=O)C(N)[C@H]2SC1. The van der Waals surface area contributed by atoms with Gasteiger partial charge in [0.2, 0.25) is 5.91 Å². The monoisotopic (exact) mass is 357 g/mol. The number of carbonyl (C=O) groups is 2. The third kappa shape index (κ3) is 2.84. The molecular weight excluding hydrogens is 342 g/mol. The lowest BCUT2D eigenvalue weighted by Gasteiger charge is -2.48. The van der Waals surface area contributed by atoms with Gasteiger partial charge in [0.1, 0.15) is 30.2 Å². The molecule has 1 aromatic heterocycles. The lowest BCUT2D eigenvalue weighted by Crippen LogP contribution is -2.68. The van der Waals surface area contributed by atoms with Crippen molar-refractivity contribution >= 4 is 35.4 Å². The van der Waals surface area contributed by atoms with Gasteiger partial charge in [0, 0.05) is 18.6 Å². The number of nitrogens with two attached hydrogens (primary N) is 1. The predicted molar refractivity (Wildman–Crippen MR) is 83.5 cm³/mol. The molecule has 1 amide bonds. The normalized spacial score (nSPS) is 23.7. The van der Waals surface area contributed by atoms with Crippen LogP contribution in [0.25, 0.3) is 0 Å². The van der Waals surface area contributed by atoms with Gasteiger partial charge in [-0.3, -0.25) is 14.3 Å². The summed E-state index contributed by atoms with van der Waals surface area (Å²) < 4.78 is 6.75. The van der Waals surface area contributed by atoms with Crippen LogP contribution < -0.4 is 5.73 Å². The van der Waals surface area contributed by atoms with Crippen LogP contribution in [-0.4, -0.2) is 66.7 Å².